The molecular formula is C17H16N2O4. The Labute approximate surface area is 132 Å². The zero-order chi connectivity index (χ0) is 15.8. The molecule has 118 valence electrons. The molecule has 1 saturated heterocycles. The molecule has 23 heavy (non-hydrogen) atoms. The van der Waals surface area contributed by atoms with Gasteiger partial charge in [0.05, 0.1) is 25.3 Å². The summed E-state index contributed by atoms with van der Waals surface area (Å²) in [6.07, 6.45) is 1.65. The molecule has 3 heterocycles. The molecule has 0 aliphatic carbocycles. The Morgan fingerprint density at radius 3 is 2.83 bits per heavy atom. The number of ether oxygens (including phenoxy) is 2. The summed E-state index contributed by atoms with van der Waals surface area (Å²) in [7, 11) is 0. The largest absolute Gasteiger partial charge is 0.483 e. The molecule has 2 aliphatic heterocycles. The van der Waals surface area contributed by atoms with Crippen LogP contribution in [0.1, 0.15) is 22.1 Å². The van der Waals surface area contributed by atoms with Gasteiger partial charge in [-0.3, -0.25) is 9.59 Å². The molecule has 0 spiro atoms. The Bertz CT molecular complexity index is 800. The fourth-order valence-corrected chi connectivity index (χ4v) is 3.09. The second-order valence-electron chi connectivity index (χ2n) is 5.72. The molecule has 6 nitrogen and oxygen atoms in total. The standard InChI is InChI=1S/C17H16N2O4/c20-14-6-7-19-13-10-22-9-12(13)18-17(21)15(19)16(14)23-8-11-4-2-1-3-5-11/h1-7,12-13H,8-10H2,(H,18,21). The van der Waals surface area contributed by atoms with Crippen LogP contribution in [0.2, 0.25) is 0 Å². The zero-order valence-corrected chi connectivity index (χ0v) is 12.4. The number of fused-ring (bicyclic) bond motifs is 3. The van der Waals surface area contributed by atoms with Crippen LogP contribution >= 0.6 is 0 Å². The van der Waals surface area contributed by atoms with Crippen LogP contribution in [0, 0.1) is 0 Å². The van der Waals surface area contributed by atoms with E-state index in [9.17, 15) is 9.59 Å². The van der Waals surface area contributed by atoms with E-state index in [2.05, 4.69) is 5.32 Å². The quantitative estimate of drug-likeness (QED) is 0.922. The van der Waals surface area contributed by atoms with Crippen LogP contribution in [-0.2, 0) is 11.3 Å². The monoisotopic (exact) mass is 312 g/mol. The lowest BCUT2D eigenvalue weighted by molar-refractivity contribution is 0.0883. The summed E-state index contributed by atoms with van der Waals surface area (Å²) >= 11 is 0. The molecule has 6 heteroatoms. The molecule has 4 rings (SSSR count). The number of pyridine rings is 1. The number of nitrogens with zero attached hydrogens (tertiary/aromatic N) is 1. The van der Waals surface area contributed by atoms with Gasteiger partial charge >= 0.3 is 0 Å². The summed E-state index contributed by atoms with van der Waals surface area (Å²) in [5.74, 6) is -0.197. The zero-order valence-electron chi connectivity index (χ0n) is 12.4. The van der Waals surface area contributed by atoms with Crippen molar-refractivity contribution in [2.75, 3.05) is 13.2 Å². The molecule has 2 unspecified atom stereocenters. The van der Waals surface area contributed by atoms with Crippen molar-refractivity contribution in [3.63, 3.8) is 0 Å². The highest BCUT2D eigenvalue weighted by atomic mass is 16.5. The minimum Gasteiger partial charge on any atom is -0.483 e. The van der Waals surface area contributed by atoms with Crippen LogP contribution < -0.4 is 15.5 Å². The molecule has 0 radical (unpaired) electrons. The predicted molar refractivity (Wildman–Crippen MR) is 82.6 cm³/mol. The van der Waals surface area contributed by atoms with Crippen molar-refractivity contribution in [1.29, 1.82) is 0 Å². The normalized spacial score (nSPS) is 22.2. The number of aromatic nitrogens is 1. The maximum atomic E-state index is 12.4. The van der Waals surface area contributed by atoms with E-state index in [1.165, 1.54) is 6.07 Å². The van der Waals surface area contributed by atoms with Crippen molar-refractivity contribution >= 4 is 5.91 Å². The Morgan fingerprint density at radius 1 is 1.17 bits per heavy atom. The lowest BCUT2D eigenvalue weighted by Crippen LogP contribution is -2.48. The summed E-state index contributed by atoms with van der Waals surface area (Å²) in [4.78, 5) is 24.6. The Kier molecular flexibility index (Phi) is 3.38. The van der Waals surface area contributed by atoms with Gasteiger partial charge in [0.2, 0.25) is 5.43 Å². The first-order chi connectivity index (χ1) is 11.2. The lowest BCUT2D eigenvalue weighted by Gasteiger charge is -2.30. The van der Waals surface area contributed by atoms with Gasteiger partial charge in [-0.15, -0.1) is 0 Å². The van der Waals surface area contributed by atoms with Gasteiger partial charge in [-0.2, -0.15) is 0 Å². The first-order valence-electron chi connectivity index (χ1n) is 7.54. The Morgan fingerprint density at radius 2 is 2.00 bits per heavy atom. The van der Waals surface area contributed by atoms with Gasteiger partial charge < -0.3 is 19.4 Å². The number of carbonyl (C=O) groups is 1. The van der Waals surface area contributed by atoms with Gasteiger partial charge in [-0.25, -0.2) is 0 Å². The molecule has 1 aromatic heterocycles. The number of rotatable bonds is 3. The summed E-state index contributed by atoms with van der Waals surface area (Å²) in [5.41, 5.74) is 0.924. The third-order valence-corrected chi connectivity index (χ3v) is 4.25. The van der Waals surface area contributed by atoms with Crippen molar-refractivity contribution in [1.82, 2.24) is 9.88 Å². The third-order valence-electron chi connectivity index (χ3n) is 4.25. The molecule has 1 aromatic carbocycles. The van der Waals surface area contributed by atoms with Crippen molar-refractivity contribution in [3.05, 3.63) is 64.1 Å². The van der Waals surface area contributed by atoms with Crippen molar-refractivity contribution in [3.8, 4) is 5.75 Å². The van der Waals surface area contributed by atoms with E-state index in [1.54, 1.807) is 10.8 Å². The lowest BCUT2D eigenvalue weighted by atomic mass is 10.1. The number of nitrogens with one attached hydrogen (secondary N) is 1. The van der Waals surface area contributed by atoms with Gasteiger partial charge in [0.25, 0.3) is 5.91 Å². The summed E-state index contributed by atoms with van der Waals surface area (Å²) < 4.78 is 13.0. The van der Waals surface area contributed by atoms with Gasteiger partial charge in [-0.05, 0) is 5.56 Å². The van der Waals surface area contributed by atoms with Crippen LogP contribution in [0.4, 0.5) is 0 Å². The fourth-order valence-electron chi connectivity index (χ4n) is 3.09. The summed E-state index contributed by atoms with van der Waals surface area (Å²) in [5, 5.41) is 2.90. The van der Waals surface area contributed by atoms with Crippen molar-refractivity contribution in [2.45, 2.75) is 18.7 Å². The number of carbonyl (C=O) groups excluding carboxylic acids is 1. The van der Waals surface area contributed by atoms with E-state index in [0.717, 1.165) is 5.56 Å². The minimum absolute atomic E-state index is 0.00220. The van der Waals surface area contributed by atoms with E-state index in [0.29, 0.717) is 13.2 Å². The van der Waals surface area contributed by atoms with E-state index < -0.39 is 0 Å². The van der Waals surface area contributed by atoms with Gasteiger partial charge in [0.1, 0.15) is 6.61 Å². The molecule has 1 N–H and O–H groups in total. The molecule has 0 saturated carbocycles. The molecular weight excluding hydrogens is 296 g/mol. The van der Waals surface area contributed by atoms with Gasteiger partial charge in [0.15, 0.2) is 11.4 Å². The highest BCUT2D eigenvalue weighted by Gasteiger charge is 2.39. The average Bonchev–Trinajstić information content (AvgIpc) is 3.03. The van der Waals surface area contributed by atoms with E-state index in [-0.39, 0.29) is 41.5 Å². The summed E-state index contributed by atoms with van der Waals surface area (Å²) in [6.45, 7) is 1.24. The van der Waals surface area contributed by atoms with E-state index >= 15 is 0 Å². The van der Waals surface area contributed by atoms with E-state index in [4.69, 9.17) is 9.47 Å². The fraction of sp³-hybridized carbons (Fsp3) is 0.294. The molecule has 1 fully saturated rings. The Balaban J connectivity index is 1.71. The maximum Gasteiger partial charge on any atom is 0.272 e. The number of hydrogen-bond donors (Lipinski definition) is 1. The molecule has 2 aromatic rings. The topological polar surface area (TPSA) is 69.6 Å². The third kappa shape index (κ3) is 2.41. The first-order valence-corrected chi connectivity index (χ1v) is 7.54. The second kappa shape index (κ2) is 5.55. The van der Waals surface area contributed by atoms with Crippen LogP contribution in [0.25, 0.3) is 0 Å². The molecule has 2 atom stereocenters. The first kappa shape index (κ1) is 14.0. The van der Waals surface area contributed by atoms with Crippen LogP contribution in [-0.4, -0.2) is 29.7 Å². The smallest absolute Gasteiger partial charge is 0.272 e. The van der Waals surface area contributed by atoms with Crippen molar-refractivity contribution < 1.29 is 14.3 Å². The molecule has 2 aliphatic rings. The number of amides is 1. The number of hydrogen-bond acceptors (Lipinski definition) is 4. The molecule has 0 bridgehead atoms. The van der Waals surface area contributed by atoms with Crippen LogP contribution in [0.5, 0.6) is 5.75 Å². The Hall–Kier alpha value is -2.60. The molecule has 1 amide bonds. The van der Waals surface area contributed by atoms with Crippen LogP contribution in [0.3, 0.4) is 0 Å². The van der Waals surface area contributed by atoms with Gasteiger partial charge in [0, 0.05) is 12.3 Å². The van der Waals surface area contributed by atoms with E-state index in [1.807, 2.05) is 30.3 Å². The summed E-state index contributed by atoms with van der Waals surface area (Å²) in [6, 6.07) is 10.9. The van der Waals surface area contributed by atoms with Crippen LogP contribution in [0.15, 0.2) is 47.4 Å². The second-order valence-corrected chi connectivity index (χ2v) is 5.72. The SMILES string of the molecule is O=C1NC2COCC2n2ccc(=O)c(OCc3ccccc3)c21. The van der Waals surface area contributed by atoms with Crippen molar-refractivity contribution in [2.24, 2.45) is 0 Å². The number of benzene rings is 1. The maximum absolute atomic E-state index is 12.4. The predicted octanol–water partition coefficient (Wildman–Crippen LogP) is 1.11. The highest BCUT2D eigenvalue weighted by Crippen LogP contribution is 2.29. The highest BCUT2D eigenvalue weighted by molar-refractivity contribution is 5.96. The minimum atomic E-state index is -0.294. The van der Waals surface area contributed by atoms with Gasteiger partial charge in [-0.1, -0.05) is 30.3 Å². The average molecular weight is 312 g/mol.